The maximum atomic E-state index is 14.1. The molecule has 0 bridgehead atoms. The highest BCUT2D eigenvalue weighted by Gasteiger charge is 2.17. The zero-order valence-corrected chi connectivity index (χ0v) is 20.6. The van der Waals surface area contributed by atoms with Gasteiger partial charge in [0, 0.05) is 37.7 Å². The van der Waals surface area contributed by atoms with E-state index < -0.39 is 5.82 Å². The van der Waals surface area contributed by atoms with E-state index in [2.05, 4.69) is 36.9 Å². The highest BCUT2D eigenvalue weighted by Crippen LogP contribution is 2.24. The summed E-state index contributed by atoms with van der Waals surface area (Å²) in [5, 5.41) is 0.238. The first-order chi connectivity index (χ1) is 16.4. The number of fused-ring (bicyclic) bond motifs is 1. The molecule has 0 atom stereocenters. The third kappa shape index (κ3) is 5.69. The molecule has 1 aromatic carbocycles. The summed E-state index contributed by atoms with van der Waals surface area (Å²) in [5.74, 6) is 0.572. The van der Waals surface area contributed by atoms with Crippen LogP contribution in [0.25, 0.3) is 11.0 Å². The Kier molecular flexibility index (Phi) is 7.70. The fourth-order valence-corrected chi connectivity index (χ4v) is 4.25. The predicted octanol–water partition coefficient (Wildman–Crippen LogP) is 5.44. The van der Waals surface area contributed by atoms with Crippen LogP contribution in [-0.4, -0.2) is 28.5 Å². The molecular weight excluding hydrogens is 501 g/mol. The van der Waals surface area contributed by atoms with E-state index in [1.54, 1.807) is 26.4 Å². The molecule has 0 aliphatic heterocycles. The van der Waals surface area contributed by atoms with Crippen molar-refractivity contribution in [2.24, 2.45) is 0 Å². The SMILES string of the molecule is COc1cc(CN(CCCc2cccnc2)Cc2c(C)oc3cc(Br)c(F)cc3c2=O)ccn1. The van der Waals surface area contributed by atoms with E-state index in [1.807, 2.05) is 24.4 Å². The normalized spacial score (nSPS) is 11.3. The average Bonchev–Trinajstić information content (AvgIpc) is 2.84. The zero-order chi connectivity index (χ0) is 24.1. The largest absolute Gasteiger partial charge is 0.481 e. The van der Waals surface area contributed by atoms with Crippen molar-refractivity contribution in [1.82, 2.24) is 14.9 Å². The summed E-state index contributed by atoms with van der Waals surface area (Å²) >= 11 is 3.16. The van der Waals surface area contributed by atoms with Gasteiger partial charge in [-0.3, -0.25) is 14.7 Å². The van der Waals surface area contributed by atoms with E-state index in [4.69, 9.17) is 9.15 Å². The molecule has 0 spiro atoms. The van der Waals surface area contributed by atoms with Gasteiger partial charge in [0.1, 0.15) is 17.2 Å². The molecule has 0 aliphatic rings. The molecule has 6 nitrogen and oxygen atoms in total. The van der Waals surface area contributed by atoms with Crippen LogP contribution >= 0.6 is 15.9 Å². The second-order valence-corrected chi connectivity index (χ2v) is 8.96. The van der Waals surface area contributed by atoms with Gasteiger partial charge in [-0.25, -0.2) is 9.37 Å². The summed E-state index contributed by atoms with van der Waals surface area (Å²) in [6, 6.07) is 10.5. The molecule has 3 heterocycles. The second kappa shape index (κ2) is 10.9. The van der Waals surface area contributed by atoms with E-state index in [0.29, 0.717) is 35.9 Å². The van der Waals surface area contributed by atoms with Crippen molar-refractivity contribution >= 4 is 26.9 Å². The summed E-state index contributed by atoms with van der Waals surface area (Å²) in [6.45, 7) is 3.48. The zero-order valence-electron chi connectivity index (χ0n) is 19.1. The second-order valence-electron chi connectivity index (χ2n) is 8.11. The van der Waals surface area contributed by atoms with Crippen molar-refractivity contribution in [3.8, 4) is 5.88 Å². The number of pyridine rings is 2. The Morgan fingerprint density at radius 3 is 2.76 bits per heavy atom. The van der Waals surface area contributed by atoms with Gasteiger partial charge in [0.15, 0.2) is 5.43 Å². The van der Waals surface area contributed by atoms with Gasteiger partial charge in [-0.2, -0.15) is 0 Å². The quantitative estimate of drug-likeness (QED) is 0.290. The number of halogens is 2. The van der Waals surface area contributed by atoms with E-state index in [1.165, 1.54) is 12.1 Å². The van der Waals surface area contributed by atoms with Crippen LogP contribution in [0, 0.1) is 12.7 Å². The van der Waals surface area contributed by atoms with Crippen molar-refractivity contribution in [3.63, 3.8) is 0 Å². The van der Waals surface area contributed by atoms with Crippen molar-refractivity contribution in [1.29, 1.82) is 0 Å². The van der Waals surface area contributed by atoms with Gasteiger partial charge in [0.25, 0.3) is 0 Å². The lowest BCUT2D eigenvalue weighted by Gasteiger charge is -2.23. The van der Waals surface area contributed by atoms with Crippen molar-refractivity contribution in [2.45, 2.75) is 32.9 Å². The van der Waals surface area contributed by atoms with E-state index in [9.17, 15) is 9.18 Å². The topological polar surface area (TPSA) is 68.5 Å². The molecule has 3 aromatic heterocycles. The first kappa shape index (κ1) is 24.0. The first-order valence-corrected chi connectivity index (χ1v) is 11.8. The molecular formula is C26H25BrFN3O3. The molecule has 0 N–H and O–H groups in total. The molecule has 4 aromatic rings. The Morgan fingerprint density at radius 2 is 2.00 bits per heavy atom. The molecule has 0 unspecified atom stereocenters. The lowest BCUT2D eigenvalue weighted by atomic mass is 10.1. The van der Waals surface area contributed by atoms with Gasteiger partial charge in [-0.15, -0.1) is 0 Å². The number of methoxy groups -OCH3 is 1. The molecule has 0 amide bonds. The van der Waals surface area contributed by atoms with Gasteiger partial charge >= 0.3 is 0 Å². The maximum Gasteiger partial charge on any atom is 0.213 e. The predicted molar refractivity (Wildman–Crippen MR) is 132 cm³/mol. The Labute approximate surface area is 205 Å². The van der Waals surface area contributed by atoms with E-state index in [-0.39, 0.29) is 15.3 Å². The van der Waals surface area contributed by atoms with Gasteiger partial charge in [0.05, 0.1) is 22.5 Å². The summed E-state index contributed by atoms with van der Waals surface area (Å²) in [4.78, 5) is 23.8. The number of aromatic nitrogens is 2. The molecule has 0 aliphatic carbocycles. The fourth-order valence-electron chi connectivity index (χ4n) is 3.93. The van der Waals surface area contributed by atoms with Crippen molar-refractivity contribution in [3.05, 3.63) is 98.0 Å². The summed E-state index contributed by atoms with van der Waals surface area (Å²) < 4.78 is 25.6. The number of aryl methyl sites for hydroxylation is 2. The molecule has 34 heavy (non-hydrogen) atoms. The number of ether oxygens (including phenoxy) is 1. The Hall–Kier alpha value is -3.10. The highest BCUT2D eigenvalue weighted by atomic mass is 79.9. The smallest absolute Gasteiger partial charge is 0.213 e. The minimum absolute atomic E-state index is 0.213. The van der Waals surface area contributed by atoms with Crippen LogP contribution in [0.1, 0.15) is 28.9 Å². The molecule has 8 heteroatoms. The van der Waals surface area contributed by atoms with Crippen LogP contribution in [0.2, 0.25) is 0 Å². The van der Waals surface area contributed by atoms with Crippen LogP contribution in [-0.2, 0) is 19.5 Å². The third-order valence-corrected chi connectivity index (χ3v) is 6.30. The Balaban J connectivity index is 1.61. The van der Waals surface area contributed by atoms with Gasteiger partial charge < -0.3 is 9.15 Å². The van der Waals surface area contributed by atoms with E-state index >= 15 is 0 Å². The number of benzene rings is 1. The monoisotopic (exact) mass is 525 g/mol. The van der Waals surface area contributed by atoms with Crippen LogP contribution in [0.3, 0.4) is 0 Å². The number of hydrogen-bond acceptors (Lipinski definition) is 6. The molecule has 0 saturated carbocycles. The van der Waals surface area contributed by atoms with Crippen LogP contribution < -0.4 is 10.2 Å². The minimum Gasteiger partial charge on any atom is -0.481 e. The molecule has 4 rings (SSSR count). The summed E-state index contributed by atoms with van der Waals surface area (Å²) in [6.07, 6.45) is 7.09. The minimum atomic E-state index is -0.494. The number of rotatable bonds is 9. The molecule has 176 valence electrons. The van der Waals surface area contributed by atoms with Crippen molar-refractivity contribution < 1.29 is 13.5 Å². The molecule has 0 fully saturated rings. The van der Waals surface area contributed by atoms with Crippen LogP contribution in [0.5, 0.6) is 5.88 Å². The van der Waals surface area contributed by atoms with Gasteiger partial charge in [-0.1, -0.05) is 6.07 Å². The Bertz CT molecular complexity index is 1340. The van der Waals surface area contributed by atoms with Crippen molar-refractivity contribution in [2.75, 3.05) is 13.7 Å². The fraction of sp³-hybridized carbons (Fsp3) is 0.269. The van der Waals surface area contributed by atoms with Gasteiger partial charge in [0.2, 0.25) is 5.88 Å². The first-order valence-electron chi connectivity index (χ1n) is 11.0. The molecule has 0 radical (unpaired) electrons. The van der Waals surface area contributed by atoms with E-state index in [0.717, 1.165) is 30.5 Å². The lowest BCUT2D eigenvalue weighted by molar-refractivity contribution is 0.249. The Morgan fingerprint density at radius 1 is 1.15 bits per heavy atom. The maximum absolute atomic E-state index is 14.1. The van der Waals surface area contributed by atoms with Crippen LogP contribution in [0.15, 0.2) is 68.7 Å². The molecule has 0 saturated heterocycles. The van der Waals surface area contributed by atoms with Crippen LogP contribution in [0.4, 0.5) is 4.39 Å². The highest BCUT2D eigenvalue weighted by molar-refractivity contribution is 9.10. The summed E-state index contributed by atoms with van der Waals surface area (Å²) in [5.41, 5.74) is 2.86. The summed E-state index contributed by atoms with van der Waals surface area (Å²) in [7, 11) is 1.58. The number of nitrogens with zero attached hydrogens (tertiary/aromatic N) is 3. The average molecular weight is 526 g/mol. The standard InChI is InChI=1S/C26H25BrFN3O3/c1-17-21(26(32)20-12-23(28)22(27)13-24(20)34-17)16-31(10-4-6-18-5-3-8-29-14-18)15-19-7-9-30-25(11-19)33-2/h3,5,7-9,11-14H,4,6,10,15-16H2,1-2H3. The van der Waals surface area contributed by atoms with Gasteiger partial charge in [-0.05, 0) is 77.6 Å². The number of hydrogen-bond donors (Lipinski definition) is 0. The third-order valence-electron chi connectivity index (χ3n) is 5.69. The lowest BCUT2D eigenvalue weighted by Crippen LogP contribution is -2.28.